The maximum absolute atomic E-state index is 11.9. The molecule has 0 radical (unpaired) electrons. The Morgan fingerprint density at radius 3 is 2.82 bits per heavy atom. The number of thioether (sulfide) groups is 1. The Morgan fingerprint density at radius 2 is 2.24 bits per heavy atom. The third-order valence-corrected chi connectivity index (χ3v) is 4.20. The normalized spacial score (nSPS) is 14.7. The smallest absolute Gasteiger partial charge is 0.232 e. The monoisotopic (exact) mass is 250 g/mol. The molecule has 1 aliphatic rings. The molecular weight excluding hydrogens is 232 g/mol. The number of aryl methyl sites for hydroxylation is 1. The van der Waals surface area contributed by atoms with Gasteiger partial charge in [0.05, 0.1) is 5.75 Å². The summed E-state index contributed by atoms with van der Waals surface area (Å²) in [4.78, 5) is 14.9. The minimum Gasteiger partial charge on any atom is -0.399 e. The van der Waals surface area contributed by atoms with E-state index >= 15 is 0 Å². The summed E-state index contributed by atoms with van der Waals surface area (Å²) in [6.07, 6.45) is 2.32. The molecule has 0 spiro atoms. The van der Waals surface area contributed by atoms with Crippen molar-refractivity contribution in [3.05, 3.63) is 23.8 Å². The zero-order valence-electron chi connectivity index (χ0n) is 10.3. The van der Waals surface area contributed by atoms with Gasteiger partial charge in [0.2, 0.25) is 5.91 Å². The van der Waals surface area contributed by atoms with Crippen LogP contribution in [0.4, 0.5) is 5.69 Å². The van der Waals surface area contributed by atoms with Crippen LogP contribution in [0.5, 0.6) is 0 Å². The van der Waals surface area contributed by atoms with Crippen LogP contribution in [0, 0.1) is 6.92 Å². The lowest BCUT2D eigenvalue weighted by molar-refractivity contribution is -0.127. The van der Waals surface area contributed by atoms with Gasteiger partial charge in [-0.05, 0) is 43.5 Å². The first kappa shape index (κ1) is 12.3. The molecule has 1 saturated carbocycles. The number of benzene rings is 1. The number of nitrogen functional groups attached to an aromatic ring is 1. The Bertz CT molecular complexity index is 429. The van der Waals surface area contributed by atoms with Crippen molar-refractivity contribution in [2.75, 3.05) is 18.5 Å². The number of amides is 1. The standard InChI is InChI=1S/C13H18N2OS/c1-9-7-10(14)3-6-12(9)17-8-13(16)15(2)11-4-5-11/h3,6-7,11H,4-5,8,14H2,1-2H3. The molecule has 1 amide bonds. The highest BCUT2D eigenvalue weighted by Crippen LogP contribution is 2.28. The number of hydrogen-bond acceptors (Lipinski definition) is 3. The van der Waals surface area contributed by atoms with Crippen LogP contribution >= 0.6 is 11.8 Å². The molecule has 2 N–H and O–H groups in total. The van der Waals surface area contributed by atoms with E-state index in [4.69, 9.17) is 5.73 Å². The summed E-state index contributed by atoms with van der Waals surface area (Å²) in [5.41, 5.74) is 7.60. The SMILES string of the molecule is Cc1cc(N)ccc1SCC(=O)N(C)C1CC1. The molecule has 0 heterocycles. The quantitative estimate of drug-likeness (QED) is 0.659. The van der Waals surface area contributed by atoms with Crippen LogP contribution in [0.3, 0.4) is 0 Å². The zero-order valence-corrected chi connectivity index (χ0v) is 11.1. The van der Waals surface area contributed by atoms with Crippen molar-refractivity contribution in [3.8, 4) is 0 Å². The molecule has 1 aromatic carbocycles. The third kappa shape index (κ3) is 3.16. The molecule has 1 fully saturated rings. The van der Waals surface area contributed by atoms with Crippen molar-refractivity contribution in [3.63, 3.8) is 0 Å². The number of rotatable bonds is 4. The molecule has 4 heteroatoms. The summed E-state index contributed by atoms with van der Waals surface area (Å²) in [5, 5.41) is 0. The Labute approximate surface area is 106 Å². The van der Waals surface area contributed by atoms with E-state index < -0.39 is 0 Å². The molecule has 1 aliphatic carbocycles. The largest absolute Gasteiger partial charge is 0.399 e. The fourth-order valence-corrected chi connectivity index (χ4v) is 2.67. The average molecular weight is 250 g/mol. The molecule has 92 valence electrons. The highest BCUT2D eigenvalue weighted by Gasteiger charge is 2.29. The van der Waals surface area contributed by atoms with E-state index in [-0.39, 0.29) is 5.91 Å². The lowest BCUT2D eigenvalue weighted by Gasteiger charge is -2.16. The molecule has 0 atom stereocenters. The highest BCUT2D eigenvalue weighted by molar-refractivity contribution is 8.00. The summed E-state index contributed by atoms with van der Waals surface area (Å²) in [5.74, 6) is 0.728. The summed E-state index contributed by atoms with van der Waals surface area (Å²) in [6, 6.07) is 6.30. The number of carbonyl (C=O) groups excluding carboxylic acids is 1. The molecule has 3 nitrogen and oxygen atoms in total. The zero-order chi connectivity index (χ0) is 12.4. The van der Waals surface area contributed by atoms with Crippen LogP contribution in [0.15, 0.2) is 23.1 Å². The molecule has 0 aliphatic heterocycles. The minimum atomic E-state index is 0.216. The van der Waals surface area contributed by atoms with Crippen molar-refractivity contribution in [2.45, 2.75) is 30.7 Å². The molecule has 17 heavy (non-hydrogen) atoms. The Balaban J connectivity index is 1.90. The predicted molar refractivity (Wildman–Crippen MR) is 72.1 cm³/mol. The minimum absolute atomic E-state index is 0.216. The van der Waals surface area contributed by atoms with E-state index in [9.17, 15) is 4.79 Å². The molecule has 1 aromatic rings. The van der Waals surface area contributed by atoms with Gasteiger partial charge in [-0.25, -0.2) is 0 Å². The summed E-state index contributed by atoms with van der Waals surface area (Å²) in [7, 11) is 1.90. The fourth-order valence-electron chi connectivity index (χ4n) is 1.74. The lowest BCUT2D eigenvalue weighted by Crippen LogP contribution is -2.30. The van der Waals surface area contributed by atoms with Crippen molar-refractivity contribution in [1.29, 1.82) is 0 Å². The molecule has 0 aromatic heterocycles. The number of nitrogens with two attached hydrogens (primary N) is 1. The Kier molecular flexibility index (Phi) is 3.62. The van der Waals surface area contributed by atoms with Gasteiger partial charge < -0.3 is 10.6 Å². The average Bonchev–Trinajstić information content (AvgIpc) is 3.10. The van der Waals surface area contributed by atoms with Gasteiger partial charge in [0, 0.05) is 23.7 Å². The van der Waals surface area contributed by atoms with E-state index in [0.29, 0.717) is 11.8 Å². The predicted octanol–water partition coefficient (Wildman–Crippen LogP) is 2.29. The Morgan fingerprint density at radius 1 is 1.53 bits per heavy atom. The number of hydrogen-bond donors (Lipinski definition) is 1. The van der Waals surface area contributed by atoms with E-state index in [1.807, 2.05) is 37.1 Å². The van der Waals surface area contributed by atoms with Crippen LogP contribution in [0.1, 0.15) is 18.4 Å². The van der Waals surface area contributed by atoms with Gasteiger partial charge in [0.1, 0.15) is 0 Å². The van der Waals surface area contributed by atoms with E-state index in [1.165, 1.54) is 0 Å². The lowest BCUT2D eigenvalue weighted by atomic mass is 10.2. The number of anilines is 1. The second-order valence-corrected chi connectivity index (χ2v) is 5.57. The molecule has 0 bridgehead atoms. The van der Waals surface area contributed by atoms with Crippen molar-refractivity contribution < 1.29 is 4.79 Å². The van der Waals surface area contributed by atoms with Crippen LogP contribution in [-0.4, -0.2) is 29.6 Å². The topological polar surface area (TPSA) is 46.3 Å². The summed E-state index contributed by atoms with van der Waals surface area (Å²) in [6.45, 7) is 2.02. The molecule has 0 unspecified atom stereocenters. The van der Waals surface area contributed by atoms with Gasteiger partial charge in [-0.15, -0.1) is 11.8 Å². The first-order valence-electron chi connectivity index (χ1n) is 5.82. The first-order valence-corrected chi connectivity index (χ1v) is 6.81. The van der Waals surface area contributed by atoms with Gasteiger partial charge in [-0.2, -0.15) is 0 Å². The van der Waals surface area contributed by atoms with Gasteiger partial charge in [0.25, 0.3) is 0 Å². The van der Waals surface area contributed by atoms with Gasteiger partial charge in [-0.3, -0.25) is 4.79 Å². The van der Waals surface area contributed by atoms with Crippen molar-refractivity contribution in [1.82, 2.24) is 4.90 Å². The number of nitrogens with zero attached hydrogens (tertiary/aromatic N) is 1. The van der Waals surface area contributed by atoms with Gasteiger partial charge in [0.15, 0.2) is 0 Å². The van der Waals surface area contributed by atoms with Crippen molar-refractivity contribution >= 4 is 23.4 Å². The van der Waals surface area contributed by atoms with Gasteiger partial charge >= 0.3 is 0 Å². The fraction of sp³-hybridized carbons (Fsp3) is 0.462. The van der Waals surface area contributed by atoms with Crippen LogP contribution in [0.25, 0.3) is 0 Å². The van der Waals surface area contributed by atoms with Crippen LogP contribution in [0.2, 0.25) is 0 Å². The summed E-state index contributed by atoms with van der Waals surface area (Å²) < 4.78 is 0. The second kappa shape index (κ2) is 5.00. The molecule has 0 saturated heterocycles. The summed E-state index contributed by atoms with van der Waals surface area (Å²) >= 11 is 1.59. The van der Waals surface area contributed by atoms with E-state index in [1.54, 1.807) is 11.8 Å². The maximum atomic E-state index is 11.9. The molecular formula is C13H18N2OS. The van der Waals surface area contributed by atoms with Crippen molar-refractivity contribution in [2.24, 2.45) is 0 Å². The molecule has 2 rings (SSSR count). The third-order valence-electron chi connectivity index (χ3n) is 3.04. The van der Waals surface area contributed by atoms with Gasteiger partial charge in [-0.1, -0.05) is 0 Å². The van der Waals surface area contributed by atoms with E-state index in [0.717, 1.165) is 29.0 Å². The van der Waals surface area contributed by atoms with E-state index in [2.05, 4.69) is 0 Å². The highest BCUT2D eigenvalue weighted by atomic mass is 32.2. The van der Waals surface area contributed by atoms with Crippen LogP contribution in [-0.2, 0) is 4.79 Å². The first-order chi connectivity index (χ1) is 8.08. The maximum Gasteiger partial charge on any atom is 0.232 e. The van der Waals surface area contributed by atoms with Crippen LogP contribution < -0.4 is 5.73 Å². The number of carbonyl (C=O) groups is 1. The second-order valence-electron chi connectivity index (χ2n) is 4.55. The Hall–Kier alpha value is -1.16.